The molecule has 17 heavy (non-hydrogen) atoms. The van der Waals surface area contributed by atoms with Gasteiger partial charge >= 0.3 is 0 Å². The van der Waals surface area contributed by atoms with E-state index < -0.39 is 4.92 Å². The van der Waals surface area contributed by atoms with Crippen molar-refractivity contribution < 1.29 is 14.4 Å². The van der Waals surface area contributed by atoms with Crippen LogP contribution in [0.2, 0.25) is 0 Å². The molecular weight excluding hydrogens is 244 g/mol. The van der Waals surface area contributed by atoms with Gasteiger partial charge in [0.2, 0.25) is 0 Å². The summed E-state index contributed by atoms with van der Waals surface area (Å²) < 4.78 is 10.9. The van der Waals surface area contributed by atoms with Gasteiger partial charge in [0, 0.05) is 13.2 Å². The molecule has 98 valence electrons. The highest BCUT2D eigenvalue weighted by molar-refractivity contribution is 8.02. The van der Waals surface area contributed by atoms with Crippen LogP contribution in [0.1, 0.15) is 19.3 Å². The van der Waals surface area contributed by atoms with Crippen molar-refractivity contribution in [2.24, 2.45) is 0 Å². The van der Waals surface area contributed by atoms with E-state index in [1.165, 1.54) is 11.8 Å². The third-order valence-corrected chi connectivity index (χ3v) is 2.98. The van der Waals surface area contributed by atoms with E-state index in [1.54, 1.807) is 6.26 Å². The van der Waals surface area contributed by atoms with Crippen molar-refractivity contribution in [1.29, 1.82) is 0 Å². The van der Waals surface area contributed by atoms with Gasteiger partial charge in [-0.25, -0.2) is 0 Å². The number of rotatable bonds is 7. The van der Waals surface area contributed by atoms with Crippen LogP contribution in [-0.2, 0) is 9.47 Å². The summed E-state index contributed by atoms with van der Waals surface area (Å²) in [4.78, 5) is 9.80. The monoisotopic (exact) mass is 262 g/mol. The third-order valence-electron chi connectivity index (χ3n) is 2.29. The first kappa shape index (κ1) is 14.3. The molecule has 1 rings (SSSR count). The molecule has 0 radical (unpaired) electrons. The Balaban J connectivity index is 2.11. The minimum Gasteiger partial charge on any atom is -0.372 e. The summed E-state index contributed by atoms with van der Waals surface area (Å²) in [5, 5.41) is 13.7. The third kappa shape index (κ3) is 6.50. The highest BCUT2D eigenvalue weighted by atomic mass is 32.2. The molecule has 0 aromatic rings. The van der Waals surface area contributed by atoms with E-state index in [0.29, 0.717) is 18.2 Å². The molecule has 1 aliphatic rings. The average Bonchev–Trinajstić information content (AvgIpc) is 2.34. The SMILES string of the molecule is CS/C(=C\[N+](=O)[O-])NCCOC1CCCCO1. The van der Waals surface area contributed by atoms with Crippen molar-refractivity contribution in [3.05, 3.63) is 21.3 Å². The van der Waals surface area contributed by atoms with Crippen LogP contribution in [0.3, 0.4) is 0 Å². The summed E-state index contributed by atoms with van der Waals surface area (Å²) in [6, 6.07) is 0. The maximum Gasteiger partial charge on any atom is 0.263 e. The lowest BCUT2D eigenvalue weighted by atomic mass is 10.2. The van der Waals surface area contributed by atoms with E-state index in [9.17, 15) is 10.1 Å². The Morgan fingerprint density at radius 2 is 2.53 bits per heavy atom. The van der Waals surface area contributed by atoms with Gasteiger partial charge in [-0.2, -0.15) is 0 Å². The van der Waals surface area contributed by atoms with Gasteiger partial charge in [-0.3, -0.25) is 10.1 Å². The van der Waals surface area contributed by atoms with Crippen molar-refractivity contribution >= 4 is 11.8 Å². The van der Waals surface area contributed by atoms with Gasteiger partial charge in [-0.1, -0.05) is 0 Å². The van der Waals surface area contributed by atoms with Gasteiger partial charge in [0.05, 0.1) is 11.5 Å². The zero-order chi connectivity index (χ0) is 12.5. The maximum absolute atomic E-state index is 10.3. The fourth-order valence-electron chi connectivity index (χ4n) is 1.47. The van der Waals surface area contributed by atoms with Crippen LogP contribution in [0, 0.1) is 10.1 Å². The van der Waals surface area contributed by atoms with Crippen molar-refractivity contribution in [1.82, 2.24) is 5.32 Å². The van der Waals surface area contributed by atoms with Crippen LogP contribution in [0.15, 0.2) is 11.2 Å². The van der Waals surface area contributed by atoms with Gasteiger partial charge in [0.25, 0.3) is 6.20 Å². The van der Waals surface area contributed by atoms with E-state index in [2.05, 4.69) is 5.32 Å². The Kier molecular flexibility index (Phi) is 6.99. The van der Waals surface area contributed by atoms with Crippen molar-refractivity contribution in [2.75, 3.05) is 26.0 Å². The normalized spacial score (nSPS) is 21.2. The second kappa shape index (κ2) is 8.32. The van der Waals surface area contributed by atoms with Gasteiger partial charge in [-0.05, 0) is 25.5 Å². The molecule has 7 heteroatoms. The highest BCUT2D eigenvalue weighted by Gasteiger charge is 2.13. The molecule has 0 amide bonds. The maximum atomic E-state index is 10.3. The Labute approximate surface area is 105 Å². The topological polar surface area (TPSA) is 73.6 Å². The summed E-state index contributed by atoms with van der Waals surface area (Å²) in [7, 11) is 0. The van der Waals surface area contributed by atoms with E-state index in [4.69, 9.17) is 9.47 Å². The fraction of sp³-hybridized carbons (Fsp3) is 0.800. The van der Waals surface area contributed by atoms with Crippen molar-refractivity contribution in [3.63, 3.8) is 0 Å². The highest BCUT2D eigenvalue weighted by Crippen LogP contribution is 2.13. The summed E-state index contributed by atoms with van der Waals surface area (Å²) in [5.74, 6) is 0. The number of hydrogen-bond acceptors (Lipinski definition) is 6. The lowest BCUT2D eigenvalue weighted by molar-refractivity contribution is -0.403. The molecule has 0 aromatic heterocycles. The molecular formula is C10H18N2O4S. The van der Waals surface area contributed by atoms with Crippen LogP contribution in [-0.4, -0.2) is 37.2 Å². The average molecular weight is 262 g/mol. The quantitative estimate of drug-likeness (QED) is 0.426. The van der Waals surface area contributed by atoms with E-state index >= 15 is 0 Å². The first-order chi connectivity index (χ1) is 8.22. The first-order valence-electron chi connectivity index (χ1n) is 5.58. The van der Waals surface area contributed by atoms with Gasteiger partial charge in [-0.15, -0.1) is 11.8 Å². The molecule has 1 aliphatic heterocycles. The minimum atomic E-state index is -0.468. The predicted molar refractivity (Wildman–Crippen MR) is 66.1 cm³/mol. The first-order valence-corrected chi connectivity index (χ1v) is 6.81. The molecule has 0 bridgehead atoms. The number of nitrogens with zero attached hydrogens (tertiary/aromatic N) is 1. The summed E-state index contributed by atoms with van der Waals surface area (Å²) in [5.41, 5.74) is 0. The van der Waals surface area contributed by atoms with Crippen molar-refractivity contribution in [3.8, 4) is 0 Å². The van der Waals surface area contributed by atoms with Crippen LogP contribution in [0.4, 0.5) is 0 Å². The van der Waals surface area contributed by atoms with Gasteiger partial charge in [0.15, 0.2) is 6.29 Å². The molecule has 1 fully saturated rings. The number of hydrogen-bond donors (Lipinski definition) is 1. The largest absolute Gasteiger partial charge is 0.372 e. The number of ether oxygens (including phenoxy) is 2. The van der Waals surface area contributed by atoms with E-state index in [1.807, 2.05) is 0 Å². The standard InChI is InChI=1S/C10H18N2O4S/c1-17-9(8-12(13)14)11-5-7-16-10-4-2-3-6-15-10/h8,10-11H,2-7H2,1H3/b9-8-. The predicted octanol–water partition coefficient (Wildman–Crippen LogP) is 1.56. The Morgan fingerprint density at radius 1 is 1.71 bits per heavy atom. The molecule has 6 nitrogen and oxygen atoms in total. The molecule has 1 N–H and O–H groups in total. The molecule has 1 heterocycles. The van der Waals surface area contributed by atoms with Crippen LogP contribution >= 0.6 is 11.8 Å². The zero-order valence-corrected chi connectivity index (χ0v) is 10.7. The van der Waals surface area contributed by atoms with E-state index in [0.717, 1.165) is 32.1 Å². The second-order valence-corrected chi connectivity index (χ2v) is 4.42. The lowest BCUT2D eigenvalue weighted by Crippen LogP contribution is -2.26. The smallest absolute Gasteiger partial charge is 0.263 e. The van der Waals surface area contributed by atoms with Gasteiger partial charge in [0.1, 0.15) is 5.03 Å². The minimum absolute atomic E-state index is 0.109. The summed E-state index contributed by atoms with van der Waals surface area (Å²) >= 11 is 1.31. The molecule has 1 unspecified atom stereocenters. The molecule has 0 aliphatic carbocycles. The fourth-order valence-corrected chi connectivity index (χ4v) is 1.91. The molecule has 1 atom stereocenters. The lowest BCUT2D eigenvalue weighted by Gasteiger charge is -2.22. The summed E-state index contributed by atoms with van der Waals surface area (Å²) in [6.07, 6.45) is 5.80. The zero-order valence-electron chi connectivity index (χ0n) is 9.89. The van der Waals surface area contributed by atoms with Crippen LogP contribution in [0.25, 0.3) is 0 Å². The Bertz CT molecular complexity index is 267. The second-order valence-electron chi connectivity index (χ2n) is 3.58. The number of thioether (sulfide) groups is 1. The Hall–Kier alpha value is -0.790. The molecule has 0 saturated carbocycles. The summed E-state index contributed by atoms with van der Waals surface area (Å²) in [6.45, 7) is 1.79. The van der Waals surface area contributed by atoms with Crippen LogP contribution < -0.4 is 5.32 Å². The van der Waals surface area contributed by atoms with Crippen molar-refractivity contribution in [2.45, 2.75) is 25.6 Å². The number of nitro groups is 1. The molecule has 0 aromatic carbocycles. The Morgan fingerprint density at radius 3 is 3.12 bits per heavy atom. The van der Waals surface area contributed by atoms with E-state index in [-0.39, 0.29) is 6.29 Å². The van der Waals surface area contributed by atoms with Gasteiger partial charge < -0.3 is 14.8 Å². The number of nitrogens with one attached hydrogen (secondary N) is 1. The molecule has 1 saturated heterocycles. The molecule has 0 spiro atoms. The van der Waals surface area contributed by atoms with Crippen LogP contribution in [0.5, 0.6) is 0 Å².